The average molecular weight is 822 g/mol. The number of anilines is 1. The number of halogens is 1. The van der Waals surface area contributed by atoms with Crippen molar-refractivity contribution in [2.45, 2.75) is 0 Å². The Balaban J connectivity index is 1.72. The quantitative estimate of drug-likeness (QED) is 0.0335. The van der Waals surface area contributed by atoms with E-state index in [1.165, 1.54) is 12.1 Å². The summed E-state index contributed by atoms with van der Waals surface area (Å²) in [5.41, 5.74) is -0.525. The Bertz CT molecular complexity index is 939. The van der Waals surface area contributed by atoms with E-state index in [0.717, 1.165) is 17.1 Å². The van der Waals surface area contributed by atoms with Crippen LogP contribution in [0.3, 0.4) is 0 Å². The van der Waals surface area contributed by atoms with Crippen molar-refractivity contribution in [3.63, 3.8) is 0 Å². The monoisotopic (exact) mass is 821 g/mol. The van der Waals surface area contributed by atoms with E-state index in [1.54, 1.807) is 0 Å². The molecule has 1 aromatic carbocycles. The standard InChI is InChI=1S/C30H52IN3O15/c31-3-5-39-7-9-41-11-13-43-15-17-45-19-21-47-23-25-49-26-24-48-22-20-46-18-16-44-14-12-42-10-8-40-6-4-32-29-2-1-28(33(35)36)27-30(29)34(37)38/h1-2,27,32H,3-26H2. The third-order valence-corrected chi connectivity index (χ3v) is 6.33. The third kappa shape index (κ3) is 28.5. The minimum atomic E-state index is -0.681. The zero-order chi connectivity index (χ0) is 35.5. The highest BCUT2D eigenvalue weighted by Crippen LogP contribution is 2.28. The first kappa shape index (κ1) is 45.1. The van der Waals surface area contributed by atoms with Crippen LogP contribution >= 0.6 is 22.6 Å². The van der Waals surface area contributed by atoms with Gasteiger partial charge in [0, 0.05) is 17.0 Å². The molecule has 0 aliphatic heterocycles. The summed E-state index contributed by atoms with van der Waals surface area (Å²) in [5.74, 6) is 0. The van der Waals surface area contributed by atoms with Crippen LogP contribution in [-0.4, -0.2) is 166 Å². The van der Waals surface area contributed by atoms with Crippen molar-refractivity contribution in [2.75, 3.05) is 162 Å². The van der Waals surface area contributed by atoms with Crippen LogP contribution in [-0.2, 0) is 52.1 Å². The lowest BCUT2D eigenvalue weighted by atomic mass is 10.2. The maximum atomic E-state index is 11.1. The van der Waals surface area contributed by atoms with Gasteiger partial charge in [0.2, 0.25) is 0 Å². The van der Waals surface area contributed by atoms with Crippen LogP contribution in [0.15, 0.2) is 18.2 Å². The fraction of sp³-hybridized carbons (Fsp3) is 0.800. The zero-order valence-electron chi connectivity index (χ0n) is 28.1. The molecule has 18 nitrogen and oxygen atoms in total. The number of rotatable bonds is 38. The molecule has 0 spiro atoms. The summed E-state index contributed by atoms with van der Waals surface area (Å²) in [4.78, 5) is 20.6. The summed E-state index contributed by atoms with van der Waals surface area (Å²) in [6, 6.07) is 3.43. The molecule has 0 heterocycles. The zero-order valence-corrected chi connectivity index (χ0v) is 30.3. The van der Waals surface area contributed by atoms with Gasteiger partial charge in [0.05, 0.1) is 161 Å². The topological polar surface area (TPSA) is 200 Å². The molecule has 49 heavy (non-hydrogen) atoms. The summed E-state index contributed by atoms with van der Waals surface area (Å²) < 4.78 is 60.7. The first-order chi connectivity index (χ1) is 24.1. The number of nitrogens with zero attached hydrogens (tertiary/aromatic N) is 2. The molecule has 0 aliphatic carbocycles. The van der Waals surface area contributed by atoms with E-state index in [2.05, 4.69) is 27.9 Å². The average Bonchev–Trinajstić information content (AvgIpc) is 3.09. The number of hydrogen-bond acceptors (Lipinski definition) is 16. The summed E-state index contributed by atoms with van der Waals surface area (Å²) in [7, 11) is 0. The molecule has 1 N–H and O–H groups in total. The Hall–Kier alpha value is -1.89. The van der Waals surface area contributed by atoms with Crippen LogP contribution < -0.4 is 5.32 Å². The highest BCUT2D eigenvalue weighted by molar-refractivity contribution is 14.1. The number of benzene rings is 1. The van der Waals surface area contributed by atoms with E-state index in [0.29, 0.717) is 139 Å². The van der Waals surface area contributed by atoms with Gasteiger partial charge in [0.1, 0.15) is 5.69 Å². The van der Waals surface area contributed by atoms with E-state index in [9.17, 15) is 20.2 Å². The fourth-order valence-corrected chi connectivity index (χ4v) is 3.86. The van der Waals surface area contributed by atoms with Gasteiger partial charge in [-0.3, -0.25) is 20.2 Å². The lowest BCUT2D eigenvalue weighted by Crippen LogP contribution is -2.16. The van der Waals surface area contributed by atoms with Gasteiger partial charge in [-0.2, -0.15) is 0 Å². The molecule has 284 valence electrons. The van der Waals surface area contributed by atoms with Crippen molar-refractivity contribution < 1.29 is 62.0 Å². The summed E-state index contributed by atoms with van der Waals surface area (Å²) in [6.45, 7) is 10.9. The first-order valence-electron chi connectivity index (χ1n) is 16.1. The first-order valence-corrected chi connectivity index (χ1v) is 17.7. The number of nitro benzene ring substituents is 2. The lowest BCUT2D eigenvalue weighted by Gasteiger charge is -2.09. The summed E-state index contributed by atoms with van der Waals surface area (Å²) >= 11 is 2.27. The molecule has 0 amide bonds. The number of nitrogens with one attached hydrogen (secondary N) is 1. The van der Waals surface area contributed by atoms with Gasteiger partial charge in [-0.05, 0) is 6.07 Å². The molecule has 0 fully saturated rings. The molecular weight excluding hydrogens is 769 g/mol. The Morgan fingerprint density at radius 1 is 0.469 bits per heavy atom. The number of alkyl halides is 1. The van der Waals surface area contributed by atoms with Crippen molar-refractivity contribution in [2.24, 2.45) is 0 Å². The Kier molecular flexibility index (Phi) is 31.8. The van der Waals surface area contributed by atoms with Gasteiger partial charge in [-0.15, -0.1) is 0 Å². The molecule has 0 atom stereocenters. The van der Waals surface area contributed by atoms with E-state index >= 15 is 0 Å². The Morgan fingerprint density at radius 3 is 1.06 bits per heavy atom. The van der Waals surface area contributed by atoms with E-state index < -0.39 is 9.85 Å². The molecule has 1 aromatic rings. The van der Waals surface area contributed by atoms with E-state index in [1.807, 2.05) is 0 Å². The minimum Gasteiger partial charge on any atom is -0.378 e. The lowest BCUT2D eigenvalue weighted by molar-refractivity contribution is -0.393. The van der Waals surface area contributed by atoms with Crippen molar-refractivity contribution in [3.8, 4) is 0 Å². The second-order valence-corrected chi connectivity index (χ2v) is 10.6. The molecule has 0 aliphatic rings. The number of nitro groups is 2. The predicted octanol–water partition coefficient (Wildman–Crippen LogP) is 2.53. The Labute approximate surface area is 301 Å². The van der Waals surface area contributed by atoms with Gasteiger partial charge in [0.15, 0.2) is 0 Å². The van der Waals surface area contributed by atoms with Crippen molar-refractivity contribution in [1.29, 1.82) is 0 Å². The summed E-state index contributed by atoms with van der Waals surface area (Å²) in [5, 5.41) is 24.8. The second kappa shape index (κ2) is 34.6. The number of non-ortho nitro benzene ring substituents is 1. The summed E-state index contributed by atoms with van der Waals surface area (Å²) in [6.07, 6.45) is 0. The number of hydrogen-bond donors (Lipinski definition) is 1. The van der Waals surface area contributed by atoms with Crippen molar-refractivity contribution in [1.82, 2.24) is 0 Å². The van der Waals surface area contributed by atoms with Crippen molar-refractivity contribution in [3.05, 3.63) is 38.4 Å². The maximum absolute atomic E-state index is 11.1. The molecular formula is C30H52IN3O15. The highest BCUT2D eigenvalue weighted by Gasteiger charge is 2.19. The molecule has 0 saturated carbocycles. The van der Waals surface area contributed by atoms with Crippen LogP contribution in [0.5, 0.6) is 0 Å². The third-order valence-electron chi connectivity index (χ3n) is 5.89. The van der Waals surface area contributed by atoms with Gasteiger partial charge in [-0.1, -0.05) is 22.6 Å². The molecule has 0 aromatic heterocycles. The molecule has 19 heteroatoms. The van der Waals surface area contributed by atoms with Crippen LogP contribution in [0.4, 0.5) is 17.1 Å². The van der Waals surface area contributed by atoms with Gasteiger partial charge >= 0.3 is 0 Å². The molecule has 0 saturated heterocycles. The van der Waals surface area contributed by atoms with E-state index in [-0.39, 0.29) is 23.7 Å². The van der Waals surface area contributed by atoms with Crippen LogP contribution in [0.2, 0.25) is 0 Å². The smallest absolute Gasteiger partial charge is 0.299 e. The van der Waals surface area contributed by atoms with Gasteiger partial charge < -0.3 is 57.4 Å². The second-order valence-electron chi connectivity index (χ2n) is 9.57. The van der Waals surface area contributed by atoms with Crippen LogP contribution in [0.1, 0.15) is 0 Å². The van der Waals surface area contributed by atoms with Crippen LogP contribution in [0, 0.1) is 20.2 Å². The SMILES string of the molecule is O=[N+]([O-])c1ccc(NCCOCCOCCOCCOCCOCCOCCOCCOCCOCCOCCOCCI)c([N+](=O)[O-])c1. The maximum Gasteiger partial charge on any atom is 0.299 e. The van der Waals surface area contributed by atoms with Crippen molar-refractivity contribution >= 4 is 39.7 Å². The van der Waals surface area contributed by atoms with Gasteiger partial charge in [0.25, 0.3) is 11.4 Å². The number of ether oxygens (including phenoxy) is 11. The fourth-order valence-electron chi connectivity index (χ4n) is 3.55. The molecule has 0 radical (unpaired) electrons. The van der Waals surface area contributed by atoms with Gasteiger partial charge in [-0.25, -0.2) is 0 Å². The van der Waals surface area contributed by atoms with E-state index in [4.69, 9.17) is 52.1 Å². The Morgan fingerprint density at radius 2 is 0.776 bits per heavy atom. The normalized spacial score (nSPS) is 11.3. The molecule has 0 bridgehead atoms. The highest BCUT2D eigenvalue weighted by atomic mass is 127. The van der Waals surface area contributed by atoms with Crippen LogP contribution in [0.25, 0.3) is 0 Å². The molecule has 0 unspecified atom stereocenters. The largest absolute Gasteiger partial charge is 0.378 e. The predicted molar refractivity (Wildman–Crippen MR) is 186 cm³/mol. The molecule has 1 rings (SSSR count). The minimum absolute atomic E-state index is 0.186.